The van der Waals surface area contributed by atoms with E-state index in [4.69, 9.17) is 9.47 Å². The highest BCUT2D eigenvalue weighted by Gasteiger charge is 2.12. The molecule has 0 spiro atoms. The van der Waals surface area contributed by atoms with Gasteiger partial charge in [0, 0.05) is 45.8 Å². The Morgan fingerprint density at radius 3 is 2.55 bits per heavy atom. The molecular formula is C21H38IN5O2. The van der Waals surface area contributed by atoms with Crippen molar-refractivity contribution in [3.8, 4) is 11.5 Å². The van der Waals surface area contributed by atoms with Crippen molar-refractivity contribution in [2.75, 3.05) is 67.0 Å². The summed E-state index contributed by atoms with van der Waals surface area (Å²) >= 11 is 0. The van der Waals surface area contributed by atoms with Crippen LogP contribution in [-0.4, -0.2) is 88.9 Å². The molecule has 0 amide bonds. The van der Waals surface area contributed by atoms with Crippen LogP contribution in [0.25, 0.3) is 0 Å². The van der Waals surface area contributed by atoms with Gasteiger partial charge in [0.15, 0.2) is 5.96 Å². The summed E-state index contributed by atoms with van der Waals surface area (Å²) in [6.07, 6.45) is 2.37. The van der Waals surface area contributed by atoms with Crippen molar-refractivity contribution in [1.82, 2.24) is 20.4 Å². The maximum atomic E-state index is 5.94. The zero-order valence-corrected chi connectivity index (χ0v) is 20.6. The van der Waals surface area contributed by atoms with E-state index in [0.717, 1.165) is 30.4 Å². The molecule has 1 heterocycles. The third-order valence-corrected chi connectivity index (χ3v) is 4.95. The molecule has 0 radical (unpaired) electrons. The number of nitrogens with one attached hydrogen (secondary N) is 2. The molecule has 0 bridgehead atoms. The first-order valence-electron chi connectivity index (χ1n) is 10.3. The molecule has 1 fully saturated rings. The molecule has 0 saturated carbocycles. The van der Waals surface area contributed by atoms with E-state index >= 15 is 0 Å². The Morgan fingerprint density at radius 1 is 1.14 bits per heavy atom. The highest BCUT2D eigenvalue weighted by Crippen LogP contribution is 2.19. The average molecular weight is 519 g/mol. The van der Waals surface area contributed by atoms with Gasteiger partial charge < -0.3 is 29.9 Å². The molecule has 1 aliphatic rings. The van der Waals surface area contributed by atoms with Crippen LogP contribution in [0.5, 0.6) is 11.5 Å². The fraction of sp³-hybridized carbons (Fsp3) is 0.667. The van der Waals surface area contributed by atoms with Crippen LogP contribution in [0.3, 0.4) is 0 Å². The number of piperazine rings is 1. The second kappa shape index (κ2) is 14.7. The Morgan fingerprint density at radius 2 is 1.86 bits per heavy atom. The number of halogens is 1. The zero-order chi connectivity index (χ0) is 20.2. The van der Waals surface area contributed by atoms with Gasteiger partial charge in [-0.05, 0) is 45.5 Å². The zero-order valence-electron chi connectivity index (χ0n) is 18.3. The van der Waals surface area contributed by atoms with E-state index in [9.17, 15) is 0 Å². The van der Waals surface area contributed by atoms with E-state index in [0.29, 0.717) is 6.54 Å². The third-order valence-electron chi connectivity index (χ3n) is 4.95. The van der Waals surface area contributed by atoms with Crippen LogP contribution < -0.4 is 20.1 Å². The quantitative estimate of drug-likeness (QED) is 0.214. The largest absolute Gasteiger partial charge is 0.497 e. The van der Waals surface area contributed by atoms with Crippen LogP contribution in [-0.2, 0) is 0 Å². The second-order valence-electron chi connectivity index (χ2n) is 7.34. The van der Waals surface area contributed by atoms with Gasteiger partial charge in [-0.3, -0.25) is 4.99 Å². The molecule has 1 aromatic carbocycles. The second-order valence-corrected chi connectivity index (χ2v) is 7.34. The monoisotopic (exact) mass is 519 g/mol. The number of nitrogens with zero attached hydrogens (tertiary/aromatic N) is 3. The number of unbranched alkanes of at least 4 members (excludes halogenated alkanes) is 1. The Bertz CT molecular complexity index is 594. The number of aliphatic imine (C=N–C) groups is 1. The molecule has 2 rings (SSSR count). The SMILES string of the molecule is CN=C(NCCCCN1CCN(C)CC1)NCC(C)Oc1cccc(OC)c1.I. The number of rotatable bonds is 10. The highest BCUT2D eigenvalue weighted by atomic mass is 127. The lowest BCUT2D eigenvalue weighted by atomic mass is 10.2. The van der Waals surface area contributed by atoms with E-state index < -0.39 is 0 Å². The number of benzene rings is 1. The number of likely N-dealkylation sites (N-methyl/N-ethyl adjacent to an activating group) is 1. The molecular weight excluding hydrogens is 481 g/mol. The van der Waals surface area contributed by atoms with Crippen LogP contribution in [0.4, 0.5) is 0 Å². The molecule has 0 aliphatic carbocycles. The smallest absolute Gasteiger partial charge is 0.191 e. The molecule has 8 heteroatoms. The third kappa shape index (κ3) is 10.4. The van der Waals surface area contributed by atoms with Gasteiger partial charge in [0.1, 0.15) is 17.6 Å². The van der Waals surface area contributed by atoms with Crippen LogP contribution in [0.2, 0.25) is 0 Å². The summed E-state index contributed by atoms with van der Waals surface area (Å²) in [5.74, 6) is 2.42. The van der Waals surface area contributed by atoms with Gasteiger partial charge in [0.05, 0.1) is 13.7 Å². The first kappa shape index (κ1) is 25.8. The van der Waals surface area contributed by atoms with Crippen molar-refractivity contribution in [1.29, 1.82) is 0 Å². The highest BCUT2D eigenvalue weighted by molar-refractivity contribution is 14.0. The van der Waals surface area contributed by atoms with E-state index in [2.05, 4.69) is 32.5 Å². The van der Waals surface area contributed by atoms with Crippen molar-refractivity contribution in [3.05, 3.63) is 24.3 Å². The number of hydrogen-bond acceptors (Lipinski definition) is 5. The first-order valence-corrected chi connectivity index (χ1v) is 10.3. The van der Waals surface area contributed by atoms with Crippen LogP contribution >= 0.6 is 24.0 Å². The van der Waals surface area contributed by atoms with Crippen molar-refractivity contribution in [2.24, 2.45) is 4.99 Å². The lowest BCUT2D eigenvalue weighted by Gasteiger charge is -2.32. The summed E-state index contributed by atoms with van der Waals surface area (Å²) in [5.41, 5.74) is 0. The Balaban J connectivity index is 0.00000420. The summed E-state index contributed by atoms with van der Waals surface area (Å²) in [4.78, 5) is 9.25. The summed E-state index contributed by atoms with van der Waals surface area (Å²) in [6.45, 7) is 9.59. The molecule has 166 valence electrons. The average Bonchev–Trinajstić information content (AvgIpc) is 2.71. The summed E-state index contributed by atoms with van der Waals surface area (Å²) in [6, 6.07) is 7.67. The predicted octanol–water partition coefficient (Wildman–Crippen LogP) is 2.27. The van der Waals surface area contributed by atoms with Crippen LogP contribution in [0.1, 0.15) is 19.8 Å². The number of methoxy groups -OCH3 is 1. The van der Waals surface area contributed by atoms with Gasteiger partial charge in [0.25, 0.3) is 0 Å². The standard InChI is InChI=1S/C21H37N5O2.HI/c1-18(28-20-9-7-8-19(16-20)27-4)17-24-21(22-2)23-10-5-6-11-26-14-12-25(3)13-15-26;/h7-9,16,18H,5-6,10-15,17H2,1-4H3,(H2,22,23,24);1H. The van der Waals surface area contributed by atoms with Gasteiger partial charge in [-0.25, -0.2) is 0 Å². The van der Waals surface area contributed by atoms with Crippen LogP contribution in [0.15, 0.2) is 29.3 Å². The molecule has 1 unspecified atom stereocenters. The number of ether oxygens (including phenoxy) is 2. The fourth-order valence-corrected chi connectivity index (χ4v) is 3.15. The van der Waals surface area contributed by atoms with Gasteiger partial charge in [0.2, 0.25) is 0 Å². The molecule has 1 aromatic rings. The minimum atomic E-state index is 0. The Labute approximate surface area is 193 Å². The van der Waals surface area contributed by atoms with Crippen molar-refractivity contribution >= 4 is 29.9 Å². The molecule has 2 N–H and O–H groups in total. The Kier molecular flexibility index (Phi) is 13.0. The number of guanidine groups is 1. The topological polar surface area (TPSA) is 61.4 Å². The number of hydrogen-bond donors (Lipinski definition) is 2. The van der Waals surface area contributed by atoms with Crippen LogP contribution in [0, 0.1) is 0 Å². The van der Waals surface area contributed by atoms with Gasteiger partial charge in [-0.2, -0.15) is 0 Å². The summed E-state index contributed by atoms with van der Waals surface area (Å²) < 4.78 is 11.2. The van der Waals surface area contributed by atoms with Gasteiger partial charge in [-0.15, -0.1) is 24.0 Å². The van der Waals surface area contributed by atoms with Crippen molar-refractivity contribution in [3.63, 3.8) is 0 Å². The van der Waals surface area contributed by atoms with Gasteiger partial charge in [-0.1, -0.05) is 6.07 Å². The summed E-state index contributed by atoms with van der Waals surface area (Å²) in [7, 11) is 5.65. The van der Waals surface area contributed by atoms with Gasteiger partial charge >= 0.3 is 0 Å². The molecule has 1 saturated heterocycles. The predicted molar refractivity (Wildman–Crippen MR) is 131 cm³/mol. The minimum absolute atomic E-state index is 0. The molecule has 1 aliphatic heterocycles. The normalized spacial score (nSPS) is 16.6. The van der Waals surface area contributed by atoms with E-state index in [1.807, 2.05) is 31.2 Å². The minimum Gasteiger partial charge on any atom is -0.497 e. The maximum absolute atomic E-state index is 5.94. The molecule has 29 heavy (non-hydrogen) atoms. The molecule has 0 aromatic heterocycles. The van der Waals surface area contributed by atoms with Crippen molar-refractivity contribution < 1.29 is 9.47 Å². The summed E-state index contributed by atoms with van der Waals surface area (Å²) in [5, 5.41) is 6.72. The Hall–Kier alpha value is -1.26. The van der Waals surface area contributed by atoms with E-state index in [-0.39, 0.29) is 30.1 Å². The van der Waals surface area contributed by atoms with E-state index in [1.165, 1.54) is 39.1 Å². The molecule has 1 atom stereocenters. The van der Waals surface area contributed by atoms with E-state index in [1.54, 1.807) is 14.2 Å². The maximum Gasteiger partial charge on any atom is 0.191 e. The lowest BCUT2D eigenvalue weighted by molar-refractivity contribution is 0.152. The fourth-order valence-electron chi connectivity index (χ4n) is 3.15. The van der Waals surface area contributed by atoms with Crippen molar-refractivity contribution in [2.45, 2.75) is 25.9 Å². The lowest BCUT2D eigenvalue weighted by Crippen LogP contribution is -2.45. The molecule has 7 nitrogen and oxygen atoms in total. The first-order chi connectivity index (χ1) is 13.6.